The lowest BCUT2D eigenvalue weighted by Crippen LogP contribution is -2.47. The minimum absolute atomic E-state index is 0.153. The number of unbranched alkanes of at least 4 members (excludes halogenated alkanes) is 29. The number of piperazine rings is 1. The van der Waals surface area contributed by atoms with E-state index in [4.69, 9.17) is 4.74 Å². The highest BCUT2D eigenvalue weighted by molar-refractivity contribution is 8.76. The molecule has 518 valence electrons. The normalized spacial score (nSPS) is 15.2. The molecule has 1 aliphatic heterocycles. The van der Waals surface area contributed by atoms with Crippen molar-refractivity contribution in [3.05, 3.63) is 48.6 Å². The Bertz CT molecular complexity index is 1480. The number of esters is 1. The maximum absolute atomic E-state index is 13.0. The third kappa shape index (κ3) is 59.8. The third-order valence-electron chi connectivity index (χ3n) is 17.7. The molecular formula is C76H146N4O6S2. The predicted molar refractivity (Wildman–Crippen MR) is 388 cm³/mol. The summed E-state index contributed by atoms with van der Waals surface area (Å²) in [6.07, 6.45) is 67.5. The van der Waals surface area contributed by atoms with E-state index in [1.807, 2.05) is 21.6 Å². The molecular weight excluding hydrogens is 1130 g/mol. The van der Waals surface area contributed by atoms with E-state index < -0.39 is 12.2 Å². The lowest BCUT2D eigenvalue weighted by Gasteiger charge is -2.34. The predicted octanol–water partition coefficient (Wildman–Crippen LogP) is 19.0. The fourth-order valence-electron chi connectivity index (χ4n) is 12.0. The quantitative estimate of drug-likeness (QED) is 0.0201. The summed E-state index contributed by atoms with van der Waals surface area (Å²) in [5.74, 6) is 2.09. The summed E-state index contributed by atoms with van der Waals surface area (Å²) in [5, 5.41) is 44.4. The number of hydrogen-bond donors (Lipinski definition) is 4. The number of rotatable bonds is 68. The first kappa shape index (κ1) is 84.8. The number of ether oxygens (including phenoxy) is 1. The van der Waals surface area contributed by atoms with Crippen LogP contribution in [0.1, 0.15) is 310 Å². The summed E-state index contributed by atoms with van der Waals surface area (Å²) in [7, 11) is 3.98. The molecule has 12 heteroatoms. The van der Waals surface area contributed by atoms with Crippen LogP contribution in [-0.2, 0) is 9.53 Å². The first-order chi connectivity index (χ1) is 43.2. The van der Waals surface area contributed by atoms with Crippen LogP contribution in [-0.4, -0.2) is 167 Å². The zero-order chi connectivity index (χ0) is 63.7. The van der Waals surface area contributed by atoms with Gasteiger partial charge in [-0.3, -0.25) is 24.4 Å². The van der Waals surface area contributed by atoms with E-state index in [0.717, 1.165) is 160 Å². The van der Waals surface area contributed by atoms with Gasteiger partial charge in [0, 0.05) is 83.4 Å². The standard InChI is InChI=1S/C76H146N4O6S2/c1-5-9-13-17-21-25-27-29-31-33-35-39-43-47-54-74(83)70-80(71-75(84)55-48-44-40-36-34-32-30-28-26-22-18-14-10-6-2)58-51-56-76(85)86-65-63-77-59-61-78(62-60-77)64-67-88-87-66-50-49-57-79(68-72(81)52-45-41-37-23-19-15-11-7-3)69-73(82)53-46-42-38-24-20-16-12-8-4/h21-22,25-26,29-32,72-75,81-84H,5-20,23-24,27-28,33-71H2,1-4H3/b25-21-,26-22-,31-29-,32-30-/t72?,73?,74-,75-/m1/s1. The van der Waals surface area contributed by atoms with Gasteiger partial charge in [0.1, 0.15) is 6.61 Å². The summed E-state index contributed by atoms with van der Waals surface area (Å²) < 4.78 is 5.76. The number of carbonyl (C=O) groups excluding carboxylic acids is 1. The number of aliphatic hydroxyl groups excluding tert-OH is 4. The minimum atomic E-state index is -0.439. The smallest absolute Gasteiger partial charge is 0.305 e. The van der Waals surface area contributed by atoms with Crippen LogP contribution in [0.2, 0.25) is 0 Å². The zero-order valence-corrected chi connectivity index (χ0v) is 60.0. The molecule has 0 saturated carbocycles. The SMILES string of the molecule is CCCCC/C=C\C/C=C\CCCCCC[C@@H](O)CN(CCCC(=O)OCCN1CCN(CCSSCCCCN(CC(O)CCCCCCCCCC)CC(O)CCCCCCCCCC)CC1)C[C@H](O)CCCCCC/C=C\C/C=C\CCCCC. The molecule has 4 N–H and O–H groups in total. The van der Waals surface area contributed by atoms with Gasteiger partial charge < -0.3 is 25.2 Å². The zero-order valence-electron chi connectivity index (χ0n) is 58.4. The van der Waals surface area contributed by atoms with E-state index in [1.54, 1.807) is 0 Å². The Balaban J connectivity index is 2.42. The van der Waals surface area contributed by atoms with Gasteiger partial charge in [-0.15, -0.1) is 0 Å². The molecule has 0 spiro atoms. The van der Waals surface area contributed by atoms with Crippen LogP contribution in [0.5, 0.6) is 0 Å². The molecule has 4 atom stereocenters. The Morgan fingerprint density at radius 3 is 1.10 bits per heavy atom. The molecule has 10 nitrogen and oxygen atoms in total. The van der Waals surface area contributed by atoms with E-state index in [9.17, 15) is 25.2 Å². The number of hydrogen-bond acceptors (Lipinski definition) is 12. The Kier molecular flexibility index (Phi) is 64.8. The molecule has 0 aromatic heterocycles. The molecule has 88 heavy (non-hydrogen) atoms. The number of aliphatic hydroxyl groups is 4. The average molecular weight is 1280 g/mol. The molecule has 0 radical (unpaired) electrons. The fraction of sp³-hybridized carbons (Fsp3) is 0.882. The highest BCUT2D eigenvalue weighted by Crippen LogP contribution is 2.23. The number of carbonyl (C=O) groups is 1. The molecule has 0 amide bonds. The summed E-state index contributed by atoms with van der Waals surface area (Å²) in [6.45, 7) is 19.4. The molecule has 1 heterocycles. The van der Waals surface area contributed by atoms with Crippen LogP contribution in [0.15, 0.2) is 48.6 Å². The van der Waals surface area contributed by atoms with E-state index in [1.165, 1.54) is 167 Å². The van der Waals surface area contributed by atoms with E-state index >= 15 is 0 Å². The van der Waals surface area contributed by atoms with Crippen LogP contribution in [0.3, 0.4) is 0 Å². The molecule has 1 saturated heterocycles. The van der Waals surface area contributed by atoms with E-state index in [-0.39, 0.29) is 18.2 Å². The van der Waals surface area contributed by atoms with Crippen LogP contribution < -0.4 is 0 Å². The lowest BCUT2D eigenvalue weighted by molar-refractivity contribution is -0.144. The van der Waals surface area contributed by atoms with Crippen molar-refractivity contribution in [2.75, 3.05) is 96.6 Å². The molecule has 0 aromatic carbocycles. The van der Waals surface area contributed by atoms with Crippen LogP contribution in [0.25, 0.3) is 0 Å². The van der Waals surface area contributed by atoms with Crippen molar-refractivity contribution in [2.45, 2.75) is 335 Å². The van der Waals surface area contributed by atoms with E-state index in [2.05, 4.69) is 95.9 Å². The molecule has 2 unspecified atom stereocenters. The second-order valence-electron chi connectivity index (χ2n) is 26.4. The summed E-state index contributed by atoms with van der Waals surface area (Å²) in [4.78, 5) is 22.5. The second kappa shape index (κ2) is 67.2. The van der Waals surface area contributed by atoms with Crippen molar-refractivity contribution in [3.63, 3.8) is 0 Å². The molecule has 0 aliphatic carbocycles. The Morgan fingerprint density at radius 2 is 0.705 bits per heavy atom. The van der Waals surface area contributed by atoms with Gasteiger partial charge in [-0.05, 0) is 122 Å². The topological polar surface area (TPSA) is 120 Å². The van der Waals surface area contributed by atoms with Crippen molar-refractivity contribution in [3.8, 4) is 0 Å². The first-order valence-corrected chi connectivity index (χ1v) is 40.3. The fourth-order valence-corrected chi connectivity index (χ4v) is 14.1. The van der Waals surface area contributed by atoms with Gasteiger partial charge in [-0.25, -0.2) is 0 Å². The number of nitrogens with zero attached hydrogens (tertiary/aromatic N) is 4. The van der Waals surface area contributed by atoms with Gasteiger partial charge in [0.05, 0.1) is 24.4 Å². The molecule has 1 aliphatic rings. The monoisotopic (exact) mass is 1280 g/mol. The number of allylic oxidation sites excluding steroid dienone is 8. The van der Waals surface area contributed by atoms with Gasteiger partial charge >= 0.3 is 5.97 Å². The molecule has 1 rings (SSSR count). The summed E-state index contributed by atoms with van der Waals surface area (Å²) >= 11 is 0. The van der Waals surface area contributed by atoms with Crippen molar-refractivity contribution in [1.82, 2.24) is 19.6 Å². The summed E-state index contributed by atoms with van der Waals surface area (Å²) in [5.41, 5.74) is 0. The Labute approximate surface area is 553 Å². The highest BCUT2D eigenvalue weighted by atomic mass is 33.1. The highest BCUT2D eigenvalue weighted by Gasteiger charge is 2.20. The van der Waals surface area contributed by atoms with Crippen LogP contribution in [0.4, 0.5) is 0 Å². The summed E-state index contributed by atoms with van der Waals surface area (Å²) in [6, 6.07) is 0. The van der Waals surface area contributed by atoms with Crippen LogP contribution >= 0.6 is 21.6 Å². The minimum Gasteiger partial charge on any atom is -0.464 e. The van der Waals surface area contributed by atoms with Gasteiger partial charge in [0.25, 0.3) is 0 Å². The van der Waals surface area contributed by atoms with Gasteiger partial charge in [0.15, 0.2) is 0 Å². The van der Waals surface area contributed by atoms with Crippen molar-refractivity contribution in [1.29, 1.82) is 0 Å². The van der Waals surface area contributed by atoms with Gasteiger partial charge in [-0.2, -0.15) is 0 Å². The Hall–Kier alpha value is -1.19. The largest absolute Gasteiger partial charge is 0.464 e. The Morgan fingerprint density at radius 1 is 0.386 bits per heavy atom. The van der Waals surface area contributed by atoms with Crippen molar-refractivity contribution < 1.29 is 30.0 Å². The third-order valence-corrected chi connectivity index (χ3v) is 20.1. The van der Waals surface area contributed by atoms with Crippen LogP contribution in [0, 0.1) is 0 Å². The first-order valence-electron chi connectivity index (χ1n) is 37.8. The lowest BCUT2D eigenvalue weighted by atomic mass is 10.0. The molecule has 1 fully saturated rings. The van der Waals surface area contributed by atoms with Gasteiger partial charge in [0.2, 0.25) is 0 Å². The molecule has 0 aromatic rings. The maximum Gasteiger partial charge on any atom is 0.305 e. The van der Waals surface area contributed by atoms with Gasteiger partial charge in [-0.1, -0.05) is 265 Å². The second-order valence-corrected chi connectivity index (χ2v) is 29.1. The average Bonchev–Trinajstić information content (AvgIpc) is 3.65. The maximum atomic E-state index is 13.0. The molecule has 0 bridgehead atoms. The van der Waals surface area contributed by atoms with E-state index in [0.29, 0.717) is 52.2 Å². The van der Waals surface area contributed by atoms with Crippen molar-refractivity contribution >= 4 is 27.6 Å². The van der Waals surface area contributed by atoms with Crippen molar-refractivity contribution in [2.24, 2.45) is 0 Å².